The molecule has 1 N–H and O–H groups in total. The van der Waals surface area contributed by atoms with Crippen LogP contribution in [0, 0.1) is 19.8 Å². The van der Waals surface area contributed by atoms with Crippen molar-refractivity contribution >= 4 is 22.8 Å². The Labute approximate surface area is 154 Å². The van der Waals surface area contributed by atoms with E-state index in [-0.39, 0.29) is 31.6 Å². The molecule has 2 aromatic rings. The van der Waals surface area contributed by atoms with E-state index < -0.39 is 30.6 Å². The fourth-order valence-electron chi connectivity index (χ4n) is 3.48. The Kier molecular flexibility index (Phi) is 5.17. The van der Waals surface area contributed by atoms with Crippen molar-refractivity contribution in [2.75, 3.05) is 19.7 Å². The minimum atomic E-state index is -4.32. The molecule has 0 unspecified atom stereocenters. The summed E-state index contributed by atoms with van der Waals surface area (Å²) in [7, 11) is 0. The zero-order chi connectivity index (χ0) is 19.8. The Morgan fingerprint density at radius 2 is 2.00 bits per heavy atom. The Hall–Kier alpha value is -2.51. The third kappa shape index (κ3) is 4.26. The molecule has 1 amide bonds. The van der Waals surface area contributed by atoms with Crippen LogP contribution in [0.25, 0.3) is 10.9 Å². The summed E-state index contributed by atoms with van der Waals surface area (Å²) >= 11 is 0. The van der Waals surface area contributed by atoms with Gasteiger partial charge < -0.3 is 14.6 Å². The van der Waals surface area contributed by atoms with E-state index in [2.05, 4.69) is 4.98 Å². The second-order valence-electron chi connectivity index (χ2n) is 7.02. The predicted molar refractivity (Wildman–Crippen MR) is 93.4 cm³/mol. The molecule has 1 saturated heterocycles. The molecule has 27 heavy (non-hydrogen) atoms. The van der Waals surface area contributed by atoms with Crippen LogP contribution >= 0.6 is 0 Å². The van der Waals surface area contributed by atoms with E-state index in [0.717, 1.165) is 26.9 Å². The van der Waals surface area contributed by atoms with Gasteiger partial charge in [0.05, 0.1) is 5.92 Å². The normalized spacial score (nSPS) is 18.0. The third-order valence-corrected chi connectivity index (χ3v) is 4.87. The number of aromatic amines is 1. The summed E-state index contributed by atoms with van der Waals surface area (Å²) in [6.45, 7) is 3.15. The molecule has 1 fully saturated rings. The van der Waals surface area contributed by atoms with Gasteiger partial charge in [-0.3, -0.25) is 4.79 Å². The summed E-state index contributed by atoms with van der Waals surface area (Å²) in [5, 5.41) is 0.878. The van der Waals surface area contributed by atoms with E-state index in [1.807, 2.05) is 26.0 Å². The first-order valence-electron chi connectivity index (χ1n) is 8.76. The van der Waals surface area contributed by atoms with Gasteiger partial charge in [0.15, 0.2) is 6.61 Å². The molecule has 3 rings (SSSR count). The highest BCUT2D eigenvalue weighted by molar-refractivity contribution is 5.97. The number of hydrogen-bond donors (Lipinski definition) is 1. The number of H-pyrrole nitrogens is 1. The highest BCUT2D eigenvalue weighted by Gasteiger charge is 2.42. The molecule has 0 radical (unpaired) electrons. The quantitative estimate of drug-likeness (QED) is 0.823. The molecular weight excluding hydrogens is 361 g/mol. The molecule has 1 aliphatic rings. The molecule has 0 saturated carbocycles. The standard InChI is InChI=1S/C19H21F3N2O3/c1-11-6-12(2)14-8-16(23-15(14)7-11)18(26)27-10-17(25)24-5-3-4-13(9-24)19(20,21)22/h6-8,13,23H,3-5,9-10H2,1-2H3/t13-/m0/s1. The van der Waals surface area contributed by atoms with Crippen LogP contribution in [0.1, 0.15) is 34.5 Å². The average Bonchev–Trinajstić information content (AvgIpc) is 3.03. The van der Waals surface area contributed by atoms with Crippen LogP contribution in [-0.2, 0) is 9.53 Å². The van der Waals surface area contributed by atoms with Crippen LogP contribution in [0.3, 0.4) is 0 Å². The lowest BCUT2D eigenvalue weighted by Gasteiger charge is -2.33. The van der Waals surface area contributed by atoms with Gasteiger partial charge in [-0.15, -0.1) is 0 Å². The number of carbonyl (C=O) groups excluding carboxylic acids is 2. The van der Waals surface area contributed by atoms with Gasteiger partial charge in [-0.2, -0.15) is 13.2 Å². The summed E-state index contributed by atoms with van der Waals surface area (Å²) in [4.78, 5) is 28.4. The van der Waals surface area contributed by atoms with E-state index in [1.54, 1.807) is 6.07 Å². The largest absolute Gasteiger partial charge is 0.451 e. The number of hydrogen-bond acceptors (Lipinski definition) is 3. The van der Waals surface area contributed by atoms with Crippen LogP contribution in [0.2, 0.25) is 0 Å². The summed E-state index contributed by atoms with van der Waals surface area (Å²) in [6, 6.07) is 5.54. The van der Waals surface area contributed by atoms with Gasteiger partial charge in [-0.05, 0) is 49.9 Å². The summed E-state index contributed by atoms with van der Waals surface area (Å²) in [5.74, 6) is -2.84. The number of nitrogens with zero attached hydrogens (tertiary/aromatic N) is 1. The fraction of sp³-hybridized carbons (Fsp3) is 0.474. The van der Waals surface area contributed by atoms with E-state index >= 15 is 0 Å². The maximum atomic E-state index is 12.8. The molecule has 0 aliphatic carbocycles. The predicted octanol–water partition coefficient (Wildman–Crippen LogP) is 3.74. The van der Waals surface area contributed by atoms with Gasteiger partial charge in [0.25, 0.3) is 5.91 Å². The number of aromatic nitrogens is 1. The molecule has 5 nitrogen and oxygen atoms in total. The van der Waals surface area contributed by atoms with Crippen molar-refractivity contribution in [3.05, 3.63) is 35.0 Å². The number of carbonyl (C=O) groups is 2. The molecule has 8 heteroatoms. The van der Waals surface area contributed by atoms with Crippen LogP contribution < -0.4 is 0 Å². The molecule has 0 spiro atoms. The minimum Gasteiger partial charge on any atom is -0.451 e. The third-order valence-electron chi connectivity index (χ3n) is 4.87. The molecule has 2 heterocycles. The van der Waals surface area contributed by atoms with Crippen molar-refractivity contribution in [2.45, 2.75) is 32.9 Å². The number of fused-ring (bicyclic) bond motifs is 1. The number of alkyl halides is 3. The van der Waals surface area contributed by atoms with Crippen molar-refractivity contribution < 1.29 is 27.5 Å². The number of esters is 1. The molecule has 1 aromatic carbocycles. The van der Waals surface area contributed by atoms with Gasteiger partial charge in [0.2, 0.25) is 0 Å². The number of piperidine rings is 1. The number of rotatable bonds is 3. The second kappa shape index (κ2) is 7.25. The maximum absolute atomic E-state index is 12.8. The van der Waals surface area contributed by atoms with E-state index in [4.69, 9.17) is 4.74 Å². The van der Waals surface area contributed by atoms with Gasteiger partial charge in [0, 0.05) is 24.0 Å². The van der Waals surface area contributed by atoms with Crippen LogP contribution in [-0.4, -0.2) is 47.6 Å². The number of amides is 1. The fourth-order valence-corrected chi connectivity index (χ4v) is 3.48. The van der Waals surface area contributed by atoms with Crippen molar-refractivity contribution in [3.63, 3.8) is 0 Å². The Bertz CT molecular complexity index is 873. The van der Waals surface area contributed by atoms with E-state index in [1.165, 1.54) is 0 Å². The second-order valence-corrected chi connectivity index (χ2v) is 7.02. The van der Waals surface area contributed by atoms with Crippen molar-refractivity contribution in [1.29, 1.82) is 0 Å². The Morgan fingerprint density at radius 1 is 1.26 bits per heavy atom. The summed E-state index contributed by atoms with van der Waals surface area (Å²) in [5.41, 5.74) is 3.04. The lowest BCUT2D eigenvalue weighted by atomic mass is 9.97. The molecule has 1 aromatic heterocycles. The number of benzene rings is 1. The lowest BCUT2D eigenvalue weighted by Crippen LogP contribution is -2.46. The van der Waals surface area contributed by atoms with Gasteiger partial charge in [-0.1, -0.05) is 6.07 Å². The summed E-state index contributed by atoms with van der Waals surface area (Å²) in [6.07, 6.45) is -4.03. The molecule has 146 valence electrons. The van der Waals surface area contributed by atoms with E-state index in [0.29, 0.717) is 0 Å². The van der Waals surface area contributed by atoms with Gasteiger partial charge >= 0.3 is 12.1 Å². The number of aryl methyl sites for hydroxylation is 2. The van der Waals surface area contributed by atoms with Crippen molar-refractivity contribution in [2.24, 2.45) is 5.92 Å². The Morgan fingerprint density at radius 3 is 2.70 bits per heavy atom. The highest BCUT2D eigenvalue weighted by Crippen LogP contribution is 2.33. The zero-order valence-electron chi connectivity index (χ0n) is 15.2. The number of nitrogens with one attached hydrogen (secondary N) is 1. The molecular formula is C19H21F3N2O3. The van der Waals surface area contributed by atoms with Crippen LogP contribution in [0.4, 0.5) is 13.2 Å². The first-order valence-corrected chi connectivity index (χ1v) is 8.76. The number of halogens is 3. The van der Waals surface area contributed by atoms with Crippen molar-refractivity contribution in [1.82, 2.24) is 9.88 Å². The monoisotopic (exact) mass is 382 g/mol. The van der Waals surface area contributed by atoms with Gasteiger partial charge in [-0.25, -0.2) is 4.79 Å². The topological polar surface area (TPSA) is 62.4 Å². The SMILES string of the molecule is Cc1cc(C)c2cc(C(=O)OCC(=O)N3CCC[C@H](C(F)(F)F)C3)[nH]c2c1. The van der Waals surface area contributed by atoms with Crippen LogP contribution in [0.5, 0.6) is 0 Å². The molecule has 0 bridgehead atoms. The summed E-state index contributed by atoms with van der Waals surface area (Å²) < 4.78 is 43.6. The zero-order valence-corrected chi connectivity index (χ0v) is 15.2. The molecule has 1 atom stereocenters. The first-order chi connectivity index (χ1) is 12.6. The Balaban J connectivity index is 1.62. The first kappa shape index (κ1) is 19.3. The maximum Gasteiger partial charge on any atom is 0.393 e. The smallest absolute Gasteiger partial charge is 0.393 e. The van der Waals surface area contributed by atoms with Gasteiger partial charge in [0.1, 0.15) is 5.69 Å². The minimum absolute atomic E-state index is 0.0148. The van der Waals surface area contributed by atoms with Crippen molar-refractivity contribution in [3.8, 4) is 0 Å². The van der Waals surface area contributed by atoms with E-state index in [9.17, 15) is 22.8 Å². The highest BCUT2D eigenvalue weighted by atomic mass is 19.4. The molecule has 1 aliphatic heterocycles. The lowest BCUT2D eigenvalue weighted by molar-refractivity contribution is -0.188. The number of ether oxygens (including phenoxy) is 1. The average molecular weight is 382 g/mol. The number of likely N-dealkylation sites (tertiary alicyclic amines) is 1. The van der Waals surface area contributed by atoms with Crippen LogP contribution in [0.15, 0.2) is 18.2 Å².